The van der Waals surface area contributed by atoms with E-state index in [1.165, 1.54) is 7.11 Å². The number of hydrogen-bond acceptors (Lipinski definition) is 8. The molecule has 0 aliphatic carbocycles. The van der Waals surface area contributed by atoms with Gasteiger partial charge in [-0.15, -0.1) is 0 Å². The molecular formula is C35H46N4O7. The standard InChI is InChI=1S/C35H46N4O7/c1-24-13-14-26(30(21-24)45-19-9-8-17-36)23-38-32(40)25-15-16-28(31(22-25)43-5)39-33(41)27-11-6-7-12-29(27)44-20-10-18-37-34(42)46-35(2,3)4/h6-7,11-16,21-22H,8-10,17-20,23,36H2,1-5H3,(H,37,42)(H,38,40)(H,39,41). The first-order valence-corrected chi connectivity index (χ1v) is 15.4. The number of carbonyl (C=O) groups is 3. The Balaban J connectivity index is 1.58. The Morgan fingerprint density at radius 3 is 2.28 bits per heavy atom. The number of alkyl carbamates (subject to hydrolysis) is 1. The summed E-state index contributed by atoms with van der Waals surface area (Å²) in [7, 11) is 1.47. The van der Waals surface area contributed by atoms with E-state index in [1.807, 2.05) is 25.1 Å². The molecule has 0 spiro atoms. The number of benzene rings is 3. The van der Waals surface area contributed by atoms with Crippen molar-refractivity contribution in [3.8, 4) is 17.2 Å². The predicted molar refractivity (Wildman–Crippen MR) is 178 cm³/mol. The van der Waals surface area contributed by atoms with Gasteiger partial charge in [-0.05, 0) is 95.5 Å². The zero-order valence-electron chi connectivity index (χ0n) is 27.4. The summed E-state index contributed by atoms with van der Waals surface area (Å²) in [6.07, 6.45) is 1.75. The molecule has 0 aliphatic heterocycles. The number of anilines is 1. The first-order valence-electron chi connectivity index (χ1n) is 15.4. The van der Waals surface area contributed by atoms with Crippen LogP contribution < -0.4 is 35.9 Å². The third kappa shape index (κ3) is 11.6. The maximum absolute atomic E-state index is 13.2. The van der Waals surface area contributed by atoms with E-state index in [-0.39, 0.29) is 19.1 Å². The Hall–Kier alpha value is -4.77. The van der Waals surface area contributed by atoms with E-state index >= 15 is 0 Å². The largest absolute Gasteiger partial charge is 0.495 e. The van der Waals surface area contributed by atoms with Crippen molar-refractivity contribution < 1.29 is 33.3 Å². The lowest BCUT2D eigenvalue weighted by Gasteiger charge is -2.19. The van der Waals surface area contributed by atoms with Gasteiger partial charge in [-0.2, -0.15) is 0 Å². The monoisotopic (exact) mass is 634 g/mol. The van der Waals surface area contributed by atoms with E-state index in [0.29, 0.717) is 54.4 Å². The molecular weight excluding hydrogens is 588 g/mol. The van der Waals surface area contributed by atoms with Gasteiger partial charge in [0, 0.05) is 24.2 Å². The number of methoxy groups -OCH3 is 1. The number of ether oxygens (including phenoxy) is 4. The minimum Gasteiger partial charge on any atom is -0.495 e. The van der Waals surface area contributed by atoms with Crippen molar-refractivity contribution in [1.29, 1.82) is 0 Å². The molecule has 3 aromatic carbocycles. The zero-order chi connectivity index (χ0) is 33.5. The summed E-state index contributed by atoms with van der Waals surface area (Å²) < 4.78 is 22.5. The summed E-state index contributed by atoms with van der Waals surface area (Å²) in [5.41, 5.74) is 8.02. The molecule has 0 radical (unpaired) electrons. The van der Waals surface area contributed by atoms with Gasteiger partial charge in [0.25, 0.3) is 11.8 Å². The molecule has 3 amide bonds. The number of aryl methyl sites for hydroxylation is 1. The van der Waals surface area contributed by atoms with Crippen molar-refractivity contribution in [2.45, 2.75) is 59.1 Å². The number of nitrogens with one attached hydrogen (secondary N) is 3. The van der Waals surface area contributed by atoms with Gasteiger partial charge in [0.1, 0.15) is 22.8 Å². The van der Waals surface area contributed by atoms with Crippen LogP contribution in [0.5, 0.6) is 17.2 Å². The number of rotatable bonds is 16. The Kier molecular flexibility index (Phi) is 13.7. The first-order chi connectivity index (χ1) is 22.0. The second-order valence-corrected chi connectivity index (χ2v) is 11.6. The maximum atomic E-state index is 13.2. The number of hydrogen-bond donors (Lipinski definition) is 4. The van der Waals surface area contributed by atoms with Crippen LogP contribution in [0.3, 0.4) is 0 Å². The normalized spacial score (nSPS) is 10.9. The van der Waals surface area contributed by atoms with Gasteiger partial charge in [0.05, 0.1) is 31.6 Å². The quantitative estimate of drug-likeness (QED) is 0.149. The van der Waals surface area contributed by atoms with E-state index in [0.717, 1.165) is 29.7 Å². The highest BCUT2D eigenvalue weighted by Gasteiger charge is 2.18. The van der Waals surface area contributed by atoms with Crippen LogP contribution >= 0.6 is 0 Å². The Morgan fingerprint density at radius 1 is 0.804 bits per heavy atom. The molecule has 0 fully saturated rings. The molecule has 0 heterocycles. The van der Waals surface area contributed by atoms with Crippen molar-refractivity contribution in [3.05, 3.63) is 82.9 Å². The maximum Gasteiger partial charge on any atom is 0.407 e. The van der Waals surface area contributed by atoms with Crippen LogP contribution in [0, 0.1) is 6.92 Å². The number of para-hydroxylation sites is 1. The van der Waals surface area contributed by atoms with Crippen molar-refractivity contribution in [3.63, 3.8) is 0 Å². The molecule has 0 bridgehead atoms. The fraction of sp³-hybridized carbons (Fsp3) is 0.400. The van der Waals surface area contributed by atoms with E-state index in [2.05, 4.69) is 16.0 Å². The molecule has 46 heavy (non-hydrogen) atoms. The van der Waals surface area contributed by atoms with Crippen LogP contribution in [0.15, 0.2) is 60.7 Å². The van der Waals surface area contributed by atoms with Crippen LogP contribution in [0.2, 0.25) is 0 Å². The van der Waals surface area contributed by atoms with Crippen LogP contribution in [0.4, 0.5) is 10.5 Å². The lowest BCUT2D eigenvalue weighted by molar-refractivity contribution is 0.0525. The summed E-state index contributed by atoms with van der Waals surface area (Å²) in [5, 5.41) is 8.47. The smallest absolute Gasteiger partial charge is 0.407 e. The van der Waals surface area contributed by atoms with E-state index in [1.54, 1.807) is 63.2 Å². The molecule has 11 nitrogen and oxygen atoms in total. The van der Waals surface area contributed by atoms with Gasteiger partial charge in [-0.3, -0.25) is 9.59 Å². The predicted octanol–water partition coefficient (Wildman–Crippen LogP) is 5.60. The van der Waals surface area contributed by atoms with Gasteiger partial charge in [-0.25, -0.2) is 4.79 Å². The molecule has 0 saturated carbocycles. The van der Waals surface area contributed by atoms with Crippen molar-refractivity contribution >= 4 is 23.6 Å². The SMILES string of the molecule is COc1cc(C(=O)NCc2ccc(C)cc2OCCCCN)ccc1NC(=O)c1ccccc1OCCCNC(=O)OC(C)(C)C. The highest BCUT2D eigenvalue weighted by Crippen LogP contribution is 2.28. The molecule has 0 aromatic heterocycles. The van der Waals surface area contributed by atoms with Crippen molar-refractivity contribution in [1.82, 2.24) is 10.6 Å². The third-order valence-corrected chi connectivity index (χ3v) is 6.61. The topological polar surface area (TPSA) is 150 Å². The summed E-state index contributed by atoms with van der Waals surface area (Å²) >= 11 is 0. The average molecular weight is 635 g/mol. The fourth-order valence-corrected chi connectivity index (χ4v) is 4.31. The second-order valence-electron chi connectivity index (χ2n) is 11.6. The Bertz CT molecular complexity index is 1470. The van der Waals surface area contributed by atoms with Gasteiger partial charge in [-0.1, -0.05) is 24.3 Å². The number of amides is 3. The Morgan fingerprint density at radius 2 is 1.54 bits per heavy atom. The molecule has 0 atom stereocenters. The fourth-order valence-electron chi connectivity index (χ4n) is 4.31. The van der Waals surface area contributed by atoms with Crippen LogP contribution in [0.25, 0.3) is 0 Å². The van der Waals surface area contributed by atoms with E-state index < -0.39 is 17.6 Å². The minimum absolute atomic E-state index is 0.276. The van der Waals surface area contributed by atoms with Crippen LogP contribution in [0.1, 0.15) is 71.9 Å². The summed E-state index contributed by atoms with van der Waals surface area (Å²) in [6, 6.07) is 17.5. The number of unbranched alkanes of at least 4 members (excludes halogenated alkanes) is 1. The first kappa shape index (κ1) is 35.7. The molecule has 3 aromatic rings. The molecule has 248 valence electrons. The average Bonchev–Trinajstić information content (AvgIpc) is 3.01. The molecule has 11 heteroatoms. The van der Waals surface area contributed by atoms with Crippen molar-refractivity contribution in [2.75, 3.05) is 38.7 Å². The van der Waals surface area contributed by atoms with Crippen LogP contribution in [-0.2, 0) is 11.3 Å². The lowest BCUT2D eigenvalue weighted by atomic mass is 10.1. The lowest BCUT2D eigenvalue weighted by Crippen LogP contribution is -2.33. The number of carbonyl (C=O) groups excluding carboxylic acids is 3. The summed E-state index contributed by atoms with van der Waals surface area (Å²) in [4.78, 5) is 38.1. The van der Waals surface area contributed by atoms with Crippen molar-refractivity contribution in [2.24, 2.45) is 5.73 Å². The van der Waals surface area contributed by atoms with Gasteiger partial charge in [0.15, 0.2) is 0 Å². The highest BCUT2D eigenvalue weighted by atomic mass is 16.6. The Labute approximate surface area is 271 Å². The zero-order valence-corrected chi connectivity index (χ0v) is 27.4. The molecule has 5 N–H and O–H groups in total. The molecule has 0 aliphatic rings. The highest BCUT2D eigenvalue weighted by molar-refractivity contribution is 6.07. The van der Waals surface area contributed by atoms with Gasteiger partial charge >= 0.3 is 6.09 Å². The molecule has 0 saturated heterocycles. The van der Waals surface area contributed by atoms with Gasteiger partial charge < -0.3 is 40.6 Å². The van der Waals surface area contributed by atoms with Gasteiger partial charge in [0.2, 0.25) is 0 Å². The van der Waals surface area contributed by atoms with E-state index in [4.69, 9.17) is 24.7 Å². The third-order valence-electron chi connectivity index (χ3n) is 6.61. The van der Waals surface area contributed by atoms with Crippen LogP contribution in [-0.4, -0.2) is 56.9 Å². The minimum atomic E-state index is -0.575. The van der Waals surface area contributed by atoms with E-state index in [9.17, 15) is 14.4 Å². The summed E-state index contributed by atoms with van der Waals surface area (Å²) in [6.45, 7) is 9.46. The second kappa shape index (κ2) is 17.6. The number of nitrogens with two attached hydrogens (primary N) is 1. The molecule has 3 rings (SSSR count). The summed E-state index contributed by atoms with van der Waals surface area (Å²) in [5.74, 6) is 0.745. The molecule has 0 unspecified atom stereocenters.